The minimum absolute atomic E-state index is 0.0430. The molecule has 1 aliphatic rings. The second-order valence-electron chi connectivity index (χ2n) is 5.36. The van der Waals surface area contributed by atoms with Gasteiger partial charge in [-0.25, -0.2) is 4.98 Å². The number of halogens is 1. The number of piperidine rings is 1. The lowest BCUT2D eigenvalue weighted by molar-refractivity contribution is -0.118. The summed E-state index contributed by atoms with van der Waals surface area (Å²) in [7, 11) is 0. The number of hydrogen-bond acceptors (Lipinski definition) is 3. The fourth-order valence-electron chi connectivity index (χ4n) is 1.75. The van der Waals surface area contributed by atoms with Crippen LogP contribution in [0.15, 0.2) is 5.38 Å². The standard InChI is InChI=1S/C12H17BrN2OS/c1-12(2,3)9-7-17-11(14-9)15-6-4-5-8(13)10(15)16/h7-8H,4-6H2,1-3H3. The first-order valence-electron chi connectivity index (χ1n) is 5.81. The number of anilines is 1. The van der Waals surface area contributed by atoms with E-state index in [1.165, 1.54) is 0 Å². The van der Waals surface area contributed by atoms with E-state index in [1.54, 1.807) is 11.3 Å². The predicted molar refractivity (Wildman–Crippen MR) is 75.1 cm³/mol. The number of thiazole rings is 1. The maximum Gasteiger partial charge on any atom is 0.242 e. The fraction of sp³-hybridized carbons (Fsp3) is 0.667. The van der Waals surface area contributed by atoms with E-state index in [0.29, 0.717) is 0 Å². The number of alkyl halides is 1. The minimum atomic E-state index is -0.0433. The van der Waals surface area contributed by atoms with Crippen molar-refractivity contribution < 1.29 is 4.79 Å². The van der Waals surface area contributed by atoms with Crippen LogP contribution in [0.2, 0.25) is 0 Å². The SMILES string of the molecule is CC(C)(C)c1csc(N2CCCC(Br)C2=O)n1. The molecule has 0 aromatic carbocycles. The molecule has 1 aromatic rings. The average molecular weight is 317 g/mol. The normalized spacial score (nSPS) is 22.0. The van der Waals surface area contributed by atoms with Crippen LogP contribution in [0.5, 0.6) is 0 Å². The van der Waals surface area contributed by atoms with Crippen LogP contribution in [-0.2, 0) is 10.2 Å². The third-order valence-corrected chi connectivity index (χ3v) is 4.58. The molecule has 2 heterocycles. The molecule has 5 heteroatoms. The highest BCUT2D eigenvalue weighted by Crippen LogP contribution is 2.31. The maximum absolute atomic E-state index is 12.0. The largest absolute Gasteiger partial charge is 0.287 e. The van der Waals surface area contributed by atoms with Gasteiger partial charge in [0.1, 0.15) is 0 Å². The van der Waals surface area contributed by atoms with E-state index in [1.807, 2.05) is 4.90 Å². The van der Waals surface area contributed by atoms with E-state index in [4.69, 9.17) is 0 Å². The molecule has 1 aromatic heterocycles. The molecule has 0 spiro atoms. The topological polar surface area (TPSA) is 33.2 Å². The van der Waals surface area contributed by atoms with Gasteiger partial charge >= 0.3 is 0 Å². The third-order valence-electron chi connectivity index (χ3n) is 2.86. The van der Waals surface area contributed by atoms with Crippen LogP contribution in [0.3, 0.4) is 0 Å². The Bertz CT molecular complexity index is 424. The van der Waals surface area contributed by atoms with E-state index >= 15 is 0 Å². The van der Waals surface area contributed by atoms with Crippen molar-refractivity contribution in [2.75, 3.05) is 11.4 Å². The Labute approximate surface area is 114 Å². The summed E-state index contributed by atoms with van der Waals surface area (Å²) >= 11 is 4.99. The lowest BCUT2D eigenvalue weighted by Gasteiger charge is -2.27. The molecule has 0 radical (unpaired) electrons. The van der Waals surface area contributed by atoms with Gasteiger partial charge in [0.2, 0.25) is 5.91 Å². The van der Waals surface area contributed by atoms with Gasteiger partial charge in [-0.2, -0.15) is 0 Å². The minimum Gasteiger partial charge on any atom is -0.287 e. The zero-order valence-corrected chi connectivity index (χ0v) is 12.8. The molecule has 0 saturated carbocycles. The molecule has 1 aliphatic heterocycles. The van der Waals surface area contributed by atoms with E-state index in [0.717, 1.165) is 30.2 Å². The van der Waals surface area contributed by atoms with Crippen LogP contribution >= 0.6 is 27.3 Å². The molecule has 1 amide bonds. The van der Waals surface area contributed by atoms with Crippen molar-refractivity contribution in [2.45, 2.75) is 43.9 Å². The van der Waals surface area contributed by atoms with Crippen molar-refractivity contribution in [2.24, 2.45) is 0 Å². The third kappa shape index (κ3) is 2.71. The smallest absolute Gasteiger partial charge is 0.242 e. The molecule has 1 fully saturated rings. The Balaban J connectivity index is 2.23. The highest BCUT2D eigenvalue weighted by Gasteiger charge is 2.30. The van der Waals surface area contributed by atoms with Gasteiger partial charge in [0, 0.05) is 17.3 Å². The Morgan fingerprint density at radius 1 is 1.53 bits per heavy atom. The summed E-state index contributed by atoms with van der Waals surface area (Å²) in [5, 5.41) is 2.89. The van der Waals surface area contributed by atoms with Crippen molar-refractivity contribution in [1.82, 2.24) is 4.98 Å². The van der Waals surface area contributed by atoms with Crippen LogP contribution in [0.1, 0.15) is 39.3 Å². The molecule has 0 N–H and O–H groups in total. The van der Waals surface area contributed by atoms with E-state index < -0.39 is 0 Å². The summed E-state index contributed by atoms with van der Waals surface area (Å²) in [4.78, 5) is 18.4. The van der Waals surface area contributed by atoms with Crippen molar-refractivity contribution in [1.29, 1.82) is 0 Å². The Kier molecular flexibility index (Phi) is 3.59. The highest BCUT2D eigenvalue weighted by molar-refractivity contribution is 9.10. The Morgan fingerprint density at radius 2 is 2.24 bits per heavy atom. The van der Waals surface area contributed by atoms with Crippen LogP contribution in [0.4, 0.5) is 5.13 Å². The second-order valence-corrected chi connectivity index (χ2v) is 7.31. The quantitative estimate of drug-likeness (QED) is 0.744. The molecule has 0 aliphatic carbocycles. The van der Waals surface area contributed by atoms with Gasteiger partial charge in [0.25, 0.3) is 0 Å². The van der Waals surface area contributed by atoms with E-state index in [-0.39, 0.29) is 16.1 Å². The second kappa shape index (κ2) is 4.69. The summed E-state index contributed by atoms with van der Waals surface area (Å²) in [6.45, 7) is 7.20. The lowest BCUT2D eigenvalue weighted by Crippen LogP contribution is -2.41. The Hall–Kier alpha value is -0.420. The zero-order chi connectivity index (χ0) is 12.6. The van der Waals surface area contributed by atoms with E-state index in [2.05, 4.69) is 47.1 Å². The van der Waals surface area contributed by atoms with Crippen molar-refractivity contribution in [3.8, 4) is 0 Å². The van der Waals surface area contributed by atoms with Crippen molar-refractivity contribution in [3.63, 3.8) is 0 Å². The molecule has 1 atom stereocenters. The van der Waals surface area contributed by atoms with Crippen LogP contribution in [0, 0.1) is 0 Å². The first-order valence-corrected chi connectivity index (χ1v) is 7.60. The molecule has 2 rings (SSSR count). The van der Waals surface area contributed by atoms with Crippen LogP contribution < -0.4 is 4.90 Å². The van der Waals surface area contributed by atoms with Gasteiger partial charge < -0.3 is 0 Å². The van der Waals surface area contributed by atoms with E-state index in [9.17, 15) is 4.79 Å². The van der Waals surface area contributed by atoms with Gasteiger partial charge in [-0.05, 0) is 12.8 Å². The van der Waals surface area contributed by atoms with Gasteiger partial charge in [0.05, 0.1) is 10.5 Å². The monoisotopic (exact) mass is 316 g/mol. The molecule has 3 nitrogen and oxygen atoms in total. The van der Waals surface area contributed by atoms with Gasteiger partial charge in [-0.1, -0.05) is 36.7 Å². The number of nitrogens with zero attached hydrogens (tertiary/aromatic N) is 2. The molecule has 1 unspecified atom stereocenters. The first-order chi connectivity index (χ1) is 7.89. The number of amides is 1. The summed E-state index contributed by atoms with van der Waals surface area (Å²) in [6.07, 6.45) is 1.96. The predicted octanol–water partition coefficient (Wildman–Crippen LogP) is 3.33. The molecular weight excluding hydrogens is 300 g/mol. The molecular formula is C12H17BrN2OS. The highest BCUT2D eigenvalue weighted by atomic mass is 79.9. The molecule has 17 heavy (non-hydrogen) atoms. The van der Waals surface area contributed by atoms with Crippen LogP contribution in [0.25, 0.3) is 0 Å². The maximum atomic E-state index is 12.0. The summed E-state index contributed by atoms with van der Waals surface area (Å²) in [5.41, 5.74) is 1.10. The number of carbonyl (C=O) groups is 1. The Morgan fingerprint density at radius 3 is 2.82 bits per heavy atom. The lowest BCUT2D eigenvalue weighted by atomic mass is 9.93. The summed E-state index contributed by atoms with van der Waals surface area (Å²) in [6, 6.07) is 0. The van der Waals surface area contributed by atoms with Gasteiger partial charge in [-0.15, -0.1) is 11.3 Å². The van der Waals surface area contributed by atoms with Crippen molar-refractivity contribution >= 4 is 38.3 Å². The first kappa shape index (κ1) is 13.0. The number of aromatic nitrogens is 1. The van der Waals surface area contributed by atoms with Gasteiger partial charge in [0.15, 0.2) is 5.13 Å². The zero-order valence-electron chi connectivity index (χ0n) is 10.4. The average Bonchev–Trinajstić information content (AvgIpc) is 2.70. The van der Waals surface area contributed by atoms with Crippen LogP contribution in [-0.4, -0.2) is 22.3 Å². The molecule has 0 bridgehead atoms. The van der Waals surface area contributed by atoms with Crippen molar-refractivity contribution in [3.05, 3.63) is 11.1 Å². The summed E-state index contributed by atoms with van der Waals surface area (Å²) < 4.78 is 0. The number of hydrogen-bond donors (Lipinski definition) is 0. The number of rotatable bonds is 1. The fourth-order valence-corrected chi connectivity index (χ4v) is 3.41. The number of carbonyl (C=O) groups excluding carboxylic acids is 1. The van der Waals surface area contributed by atoms with Gasteiger partial charge in [-0.3, -0.25) is 9.69 Å². The molecule has 94 valence electrons. The summed E-state index contributed by atoms with van der Waals surface area (Å²) in [5.74, 6) is 0.144. The molecule has 1 saturated heterocycles.